The van der Waals surface area contributed by atoms with E-state index in [1.807, 2.05) is 31.2 Å². The first-order valence-corrected chi connectivity index (χ1v) is 10.3. The highest BCUT2D eigenvalue weighted by Gasteiger charge is 2.14. The minimum atomic E-state index is 0.308. The van der Waals surface area contributed by atoms with Crippen LogP contribution in [0.1, 0.15) is 18.2 Å². The van der Waals surface area contributed by atoms with Gasteiger partial charge in [-0.2, -0.15) is 5.26 Å². The summed E-state index contributed by atoms with van der Waals surface area (Å²) in [5.41, 5.74) is 9.74. The summed E-state index contributed by atoms with van der Waals surface area (Å²) < 4.78 is 11.3. The minimum absolute atomic E-state index is 0.308. The standard InChI is InChI=1S/C24H20ClN5O2/c1-2-31-23-11-21-18(10-20(23)27)24(15(12-26)13-29-21)30-16-6-7-22(19(25)9-16)32-14-17-5-3-4-8-28-17/h3-11,13H,2,14,27H2,1H3,(H,29,30). The number of ether oxygens (including phenoxy) is 2. The number of rotatable bonds is 7. The maximum Gasteiger partial charge on any atom is 0.144 e. The molecule has 4 aromatic rings. The first kappa shape index (κ1) is 21.2. The highest BCUT2D eigenvalue weighted by molar-refractivity contribution is 6.32. The van der Waals surface area contributed by atoms with Crippen LogP contribution in [-0.4, -0.2) is 16.6 Å². The Bertz CT molecular complexity index is 1310. The van der Waals surface area contributed by atoms with Crippen molar-refractivity contribution in [1.82, 2.24) is 9.97 Å². The predicted molar refractivity (Wildman–Crippen MR) is 125 cm³/mol. The molecular weight excluding hydrogens is 426 g/mol. The average molecular weight is 446 g/mol. The zero-order valence-corrected chi connectivity index (χ0v) is 18.1. The second-order valence-corrected chi connectivity index (χ2v) is 7.29. The number of anilines is 3. The lowest BCUT2D eigenvalue weighted by atomic mass is 10.1. The maximum atomic E-state index is 9.60. The van der Waals surface area contributed by atoms with E-state index in [9.17, 15) is 5.26 Å². The van der Waals surface area contributed by atoms with E-state index in [1.54, 1.807) is 30.5 Å². The van der Waals surface area contributed by atoms with Crippen molar-refractivity contribution in [2.24, 2.45) is 0 Å². The molecule has 0 aliphatic heterocycles. The first-order chi connectivity index (χ1) is 15.6. The Morgan fingerprint density at radius 1 is 1.09 bits per heavy atom. The quantitative estimate of drug-likeness (QED) is 0.364. The molecule has 0 unspecified atom stereocenters. The van der Waals surface area contributed by atoms with Crippen LogP contribution in [0.4, 0.5) is 17.1 Å². The number of aromatic nitrogens is 2. The van der Waals surface area contributed by atoms with Gasteiger partial charge in [0.15, 0.2) is 0 Å². The normalized spacial score (nSPS) is 10.5. The Balaban J connectivity index is 1.63. The van der Waals surface area contributed by atoms with Crippen LogP contribution in [0.2, 0.25) is 5.02 Å². The van der Waals surface area contributed by atoms with Gasteiger partial charge in [0.25, 0.3) is 0 Å². The fourth-order valence-electron chi connectivity index (χ4n) is 3.21. The summed E-state index contributed by atoms with van der Waals surface area (Å²) in [5.74, 6) is 1.09. The fourth-order valence-corrected chi connectivity index (χ4v) is 3.45. The second-order valence-electron chi connectivity index (χ2n) is 6.88. The summed E-state index contributed by atoms with van der Waals surface area (Å²) in [6, 6.07) is 16.6. The van der Waals surface area contributed by atoms with E-state index in [2.05, 4.69) is 21.4 Å². The summed E-state index contributed by atoms with van der Waals surface area (Å²) in [6.45, 7) is 2.68. The number of hydrogen-bond acceptors (Lipinski definition) is 7. The number of pyridine rings is 2. The van der Waals surface area contributed by atoms with Crippen LogP contribution in [0.15, 0.2) is 60.9 Å². The smallest absolute Gasteiger partial charge is 0.144 e. The lowest BCUT2D eigenvalue weighted by molar-refractivity contribution is 0.301. The van der Waals surface area contributed by atoms with E-state index in [0.29, 0.717) is 63.3 Å². The third-order valence-electron chi connectivity index (χ3n) is 4.72. The van der Waals surface area contributed by atoms with Gasteiger partial charge in [0.05, 0.1) is 39.8 Å². The molecule has 0 atom stereocenters. The number of nitrogens with two attached hydrogens (primary N) is 1. The summed E-state index contributed by atoms with van der Waals surface area (Å²) >= 11 is 6.44. The van der Waals surface area contributed by atoms with Gasteiger partial charge in [0.2, 0.25) is 0 Å². The number of halogens is 1. The van der Waals surface area contributed by atoms with Gasteiger partial charge >= 0.3 is 0 Å². The number of nitrogen functional groups attached to an aromatic ring is 1. The molecule has 0 aliphatic carbocycles. The van der Waals surface area contributed by atoms with Crippen LogP contribution in [-0.2, 0) is 6.61 Å². The van der Waals surface area contributed by atoms with Crippen molar-refractivity contribution in [3.63, 3.8) is 0 Å². The zero-order valence-electron chi connectivity index (χ0n) is 17.3. The summed E-state index contributed by atoms with van der Waals surface area (Å²) in [7, 11) is 0. The van der Waals surface area contributed by atoms with E-state index in [1.165, 1.54) is 6.20 Å². The monoisotopic (exact) mass is 445 g/mol. The number of fused-ring (bicyclic) bond motifs is 1. The molecule has 0 saturated carbocycles. The largest absolute Gasteiger partial charge is 0.492 e. The van der Waals surface area contributed by atoms with Crippen molar-refractivity contribution >= 4 is 39.6 Å². The van der Waals surface area contributed by atoms with Crippen LogP contribution in [0, 0.1) is 11.3 Å². The van der Waals surface area contributed by atoms with Gasteiger partial charge in [-0.1, -0.05) is 17.7 Å². The van der Waals surface area contributed by atoms with Gasteiger partial charge in [-0.3, -0.25) is 9.97 Å². The molecule has 0 spiro atoms. The van der Waals surface area contributed by atoms with Gasteiger partial charge in [-0.25, -0.2) is 0 Å². The van der Waals surface area contributed by atoms with Gasteiger partial charge in [0.1, 0.15) is 24.2 Å². The lowest BCUT2D eigenvalue weighted by Gasteiger charge is -2.15. The molecule has 2 aromatic carbocycles. The highest BCUT2D eigenvalue weighted by Crippen LogP contribution is 2.36. The van der Waals surface area contributed by atoms with Crippen molar-refractivity contribution in [2.45, 2.75) is 13.5 Å². The molecule has 8 heteroatoms. The van der Waals surface area contributed by atoms with Crippen molar-refractivity contribution in [3.05, 3.63) is 77.2 Å². The van der Waals surface area contributed by atoms with Gasteiger partial charge in [-0.05, 0) is 43.3 Å². The maximum absolute atomic E-state index is 9.60. The van der Waals surface area contributed by atoms with E-state index in [4.69, 9.17) is 26.8 Å². The Kier molecular flexibility index (Phi) is 6.24. The van der Waals surface area contributed by atoms with Crippen molar-refractivity contribution in [2.75, 3.05) is 17.7 Å². The third-order valence-corrected chi connectivity index (χ3v) is 5.02. The second kappa shape index (κ2) is 9.41. The molecule has 0 amide bonds. The first-order valence-electron chi connectivity index (χ1n) is 9.93. The molecule has 0 fully saturated rings. The van der Waals surface area contributed by atoms with Crippen molar-refractivity contribution in [1.29, 1.82) is 5.26 Å². The highest BCUT2D eigenvalue weighted by atomic mass is 35.5. The SMILES string of the molecule is CCOc1cc2ncc(C#N)c(Nc3ccc(OCc4ccccn4)c(Cl)c3)c2cc1N. The topological polar surface area (TPSA) is 106 Å². The molecular formula is C24H20ClN5O2. The van der Waals surface area contributed by atoms with Gasteiger partial charge < -0.3 is 20.5 Å². The molecule has 7 nitrogen and oxygen atoms in total. The average Bonchev–Trinajstić information content (AvgIpc) is 2.80. The summed E-state index contributed by atoms with van der Waals surface area (Å²) in [4.78, 5) is 8.61. The van der Waals surface area contributed by atoms with Crippen LogP contribution in [0.5, 0.6) is 11.5 Å². The Morgan fingerprint density at radius 3 is 2.69 bits per heavy atom. The fraction of sp³-hybridized carbons (Fsp3) is 0.125. The number of nitriles is 1. The van der Waals surface area contributed by atoms with Crippen LogP contribution < -0.4 is 20.5 Å². The van der Waals surface area contributed by atoms with Crippen LogP contribution >= 0.6 is 11.6 Å². The van der Waals surface area contributed by atoms with Crippen LogP contribution in [0.25, 0.3) is 10.9 Å². The molecule has 32 heavy (non-hydrogen) atoms. The van der Waals surface area contributed by atoms with Crippen molar-refractivity contribution < 1.29 is 9.47 Å². The Labute approximate surface area is 190 Å². The number of hydrogen-bond donors (Lipinski definition) is 2. The number of nitrogens with zero attached hydrogens (tertiary/aromatic N) is 3. The number of benzene rings is 2. The zero-order chi connectivity index (χ0) is 22.5. The minimum Gasteiger partial charge on any atom is -0.492 e. The lowest BCUT2D eigenvalue weighted by Crippen LogP contribution is -2.01. The van der Waals surface area contributed by atoms with Gasteiger partial charge in [-0.15, -0.1) is 0 Å². The van der Waals surface area contributed by atoms with Gasteiger partial charge in [0, 0.05) is 29.5 Å². The Morgan fingerprint density at radius 2 is 1.97 bits per heavy atom. The Hall–Kier alpha value is -4.02. The van der Waals surface area contributed by atoms with E-state index in [-0.39, 0.29) is 0 Å². The van der Waals surface area contributed by atoms with E-state index >= 15 is 0 Å². The van der Waals surface area contributed by atoms with E-state index in [0.717, 1.165) is 5.69 Å². The molecule has 0 aliphatic rings. The van der Waals surface area contributed by atoms with Crippen molar-refractivity contribution in [3.8, 4) is 17.6 Å². The molecule has 2 aromatic heterocycles. The molecule has 0 bridgehead atoms. The predicted octanol–water partition coefficient (Wildman–Crippen LogP) is 5.46. The van der Waals surface area contributed by atoms with E-state index < -0.39 is 0 Å². The molecule has 4 rings (SSSR count). The third kappa shape index (κ3) is 4.51. The molecule has 2 heterocycles. The van der Waals surface area contributed by atoms with Crippen LogP contribution in [0.3, 0.4) is 0 Å². The summed E-state index contributed by atoms with van der Waals surface area (Å²) in [5, 5.41) is 14.0. The number of nitrogens with one attached hydrogen (secondary N) is 1. The molecule has 0 radical (unpaired) electrons. The molecule has 160 valence electrons. The molecule has 0 saturated heterocycles. The summed E-state index contributed by atoms with van der Waals surface area (Å²) in [6.07, 6.45) is 3.23. The molecule has 3 N–H and O–H groups in total.